The summed E-state index contributed by atoms with van der Waals surface area (Å²) >= 11 is 0. The van der Waals surface area contributed by atoms with Crippen LogP contribution in [0.4, 0.5) is 0 Å². The van der Waals surface area contributed by atoms with E-state index in [4.69, 9.17) is 22.8 Å². The van der Waals surface area contributed by atoms with Crippen LogP contribution in [0.5, 0.6) is 0 Å². The number of epoxide rings is 1. The molecule has 1 aliphatic carbocycles. The molecule has 0 aromatic carbocycles. The quantitative estimate of drug-likeness (QED) is 0.248. The molecular formula is C16H30O6Si. The lowest BCUT2D eigenvalue weighted by Crippen LogP contribution is -2.46. The number of carbonyl (C=O) groups is 1. The molecular weight excluding hydrogens is 316 g/mol. The average Bonchev–Trinajstić information content (AvgIpc) is 3.30. The highest BCUT2D eigenvalue weighted by molar-refractivity contribution is 6.60. The summed E-state index contributed by atoms with van der Waals surface area (Å²) < 4.78 is 28.3. The van der Waals surface area contributed by atoms with Gasteiger partial charge in [0, 0.05) is 25.9 Å². The molecule has 0 bridgehead atoms. The molecule has 1 heterocycles. The molecule has 2 rings (SSSR count). The first-order valence-electron chi connectivity index (χ1n) is 8.88. The van der Waals surface area contributed by atoms with Gasteiger partial charge in [0.1, 0.15) is 0 Å². The maximum Gasteiger partial charge on any atom is 0.501 e. The van der Waals surface area contributed by atoms with E-state index in [1.165, 1.54) is 0 Å². The van der Waals surface area contributed by atoms with E-state index < -0.39 is 8.80 Å². The first-order valence-corrected chi connectivity index (χ1v) is 10.8. The first-order chi connectivity index (χ1) is 11.1. The third-order valence-corrected chi connectivity index (χ3v) is 7.45. The van der Waals surface area contributed by atoms with Gasteiger partial charge in [-0.05, 0) is 46.5 Å². The smallest absolute Gasteiger partial charge is 0.465 e. The Morgan fingerprint density at radius 2 is 1.70 bits per heavy atom. The summed E-state index contributed by atoms with van der Waals surface area (Å²) in [6, 6.07) is 0.675. The fraction of sp³-hybridized carbons (Fsp3) is 0.938. The standard InChI is InChI=1S/C16H30O6Si/c1-4-19-23(20-5-2,21-6-3)11-7-10-18-16(17)13-8-9-14-15(12-13)22-14/h13-15H,4-12H2,1-3H3. The fourth-order valence-electron chi connectivity index (χ4n) is 3.20. The number of hydrogen-bond donors (Lipinski definition) is 0. The minimum atomic E-state index is -2.62. The molecule has 0 spiro atoms. The summed E-state index contributed by atoms with van der Waals surface area (Å²) in [7, 11) is -2.62. The van der Waals surface area contributed by atoms with E-state index in [0.29, 0.717) is 51.1 Å². The average molecular weight is 346 g/mol. The molecule has 3 atom stereocenters. The molecule has 2 aliphatic rings. The molecule has 2 fully saturated rings. The summed E-state index contributed by atoms with van der Waals surface area (Å²) in [5.74, 6) is -0.0816. The van der Waals surface area contributed by atoms with Gasteiger partial charge in [0.15, 0.2) is 0 Å². The van der Waals surface area contributed by atoms with Crippen molar-refractivity contribution in [1.82, 2.24) is 0 Å². The van der Waals surface area contributed by atoms with Gasteiger partial charge in [0.25, 0.3) is 0 Å². The molecule has 1 aliphatic heterocycles. The monoisotopic (exact) mass is 346 g/mol. The number of esters is 1. The van der Waals surface area contributed by atoms with E-state index >= 15 is 0 Å². The van der Waals surface area contributed by atoms with Crippen molar-refractivity contribution in [2.75, 3.05) is 26.4 Å². The van der Waals surface area contributed by atoms with E-state index in [0.717, 1.165) is 19.3 Å². The van der Waals surface area contributed by atoms with Crippen molar-refractivity contribution in [3.05, 3.63) is 0 Å². The van der Waals surface area contributed by atoms with Crippen LogP contribution < -0.4 is 0 Å². The Balaban J connectivity index is 1.69. The summed E-state index contributed by atoms with van der Waals surface area (Å²) in [6.45, 7) is 7.92. The highest BCUT2D eigenvalue weighted by Crippen LogP contribution is 2.39. The van der Waals surface area contributed by atoms with Crippen molar-refractivity contribution in [3.63, 3.8) is 0 Å². The molecule has 0 aromatic rings. The molecule has 1 saturated carbocycles. The van der Waals surface area contributed by atoms with Crippen LogP contribution >= 0.6 is 0 Å². The predicted octanol–water partition coefficient (Wildman–Crippen LogP) is 2.54. The third-order valence-electron chi connectivity index (χ3n) is 4.30. The Morgan fingerprint density at radius 3 is 2.26 bits per heavy atom. The zero-order chi connectivity index (χ0) is 16.7. The van der Waals surface area contributed by atoms with Crippen LogP contribution in [0.25, 0.3) is 0 Å². The summed E-state index contributed by atoms with van der Waals surface area (Å²) in [5.41, 5.74) is 0. The first kappa shape index (κ1) is 18.9. The van der Waals surface area contributed by atoms with Gasteiger partial charge >= 0.3 is 14.8 Å². The minimum Gasteiger partial charge on any atom is -0.465 e. The fourth-order valence-corrected chi connectivity index (χ4v) is 5.78. The van der Waals surface area contributed by atoms with Gasteiger partial charge in [-0.2, -0.15) is 0 Å². The van der Waals surface area contributed by atoms with E-state index in [-0.39, 0.29) is 11.9 Å². The Labute approximate surface area is 140 Å². The lowest BCUT2D eigenvalue weighted by atomic mass is 9.89. The topological polar surface area (TPSA) is 66.5 Å². The predicted molar refractivity (Wildman–Crippen MR) is 87.0 cm³/mol. The zero-order valence-electron chi connectivity index (χ0n) is 14.5. The van der Waals surface area contributed by atoms with E-state index in [2.05, 4.69) is 0 Å². The van der Waals surface area contributed by atoms with Gasteiger partial charge < -0.3 is 22.8 Å². The number of rotatable bonds is 11. The van der Waals surface area contributed by atoms with Gasteiger partial charge in [-0.25, -0.2) is 0 Å². The Morgan fingerprint density at radius 1 is 1.04 bits per heavy atom. The van der Waals surface area contributed by atoms with Crippen LogP contribution in [0, 0.1) is 5.92 Å². The van der Waals surface area contributed by atoms with Crippen molar-refractivity contribution >= 4 is 14.8 Å². The number of fused-ring (bicyclic) bond motifs is 1. The van der Waals surface area contributed by atoms with Gasteiger partial charge in [-0.1, -0.05) is 0 Å². The Kier molecular flexibility index (Phi) is 7.48. The van der Waals surface area contributed by atoms with Gasteiger partial charge in [0.2, 0.25) is 0 Å². The Bertz CT molecular complexity index is 361. The van der Waals surface area contributed by atoms with Gasteiger partial charge in [0.05, 0.1) is 24.7 Å². The highest BCUT2D eigenvalue weighted by atomic mass is 28.4. The zero-order valence-corrected chi connectivity index (χ0v) is 15.5. The van der Waals surface area contributed by atoms with Crippen LogP contribution in [-0.4, -0.2) is 53.4 Å². The second-order valence-corrected chi connectivity index (χ2v) is 8.71. The molecule has 3 unspecified atom stereocenters. The lowest BCUT2D eigenvalue weighted by Gasteiger charge is -2.28. The molecule has 23 heavy (non-hydrogen) atoms. The van der Waals surface area contributed by atoms with E-state index in [1.807, 2.05) is 20.8 Å². The lowest BCUT2D eigenvalue weighted by molar-refractivity contribution is -0.149. The second kappa shape index (κ2) is 9.13. The molecule has 0 amide bonds. The normalized spacial score (nSPS) is 26.7. The largest absolute Gasteiger partial charge is 0.501 e. The van der Waals surface area contributed by atoms with Crippen LogP contribution in [0.2, 0.25) is 6.04 Å². The van der Waals surface area contributed by atoms with Crippen LogP contribution in [0.15, 0.2) is 0 Å². The molecule has 7 heteroatoms. The van der Waals surface area contributed by atoms with E-state index in [9.17, 15) is 4.79 Å². The van der Waals surface area contributed by atoms with Gasteiger partial charge in [-0.15, -0.1) is 0 Å². The van der Waals surface area contributed by atoms with Crippen LogP contribution in [-0.2, 0) is 27.5 Å². The highest BCUT2D eigenvalue weighted by Gasteiger charge is 2.46. The molecule has 0 N–H and O–H groups in total. The van der Waals surface area contributed by atoms with Crippen molar-refractivity contribution in [1.29, 1.82) is 0 Å². The summed E-state index contributed by atoms with van der Waals surface area (Å²) in [5, 5.41) is 0. The van der Waals surface area contributed by atoms with Gasteiger partial charge in [-0.3, -0.25) is 4.79 Å². The molecule has 0 radical (unpaired) electrons. The summed E-state index contributed by atoms with van der Waals surface area (Å²) in [6.07, 6.45) is 4.10. The van der Waals surface area contributed by atoms with Crippen LogP contribution in [0.1, 0.15) is 46.5 Å². The van der Waals surface area contributed by atoms with Crippen molar-refractivity contribution < 1.29 is 27.5 Å². The molecule has 1 saturated heterocycles. The Hall–Kier alpha value is -0.473. The molecule has 0 aromatic heterocycles. The maximum absolute atomic E-state index is 12.1. The number of ether oxygens (including phenoxy) is 2. The van der Waals surface area contributed by atoms with E-state index in [1.54, 1.807) is 0 Å². The number of carbonyl (C=O) groups excluding carboxylic acids is 1. The number of hydrogen-bond acceptors (Lipinski definition) is 6. The van der Waals surface area contributed by atoms with Crippen LogP contribution in [0.3, 0.4) is 0 Å². The summed E-state index contributed by atoms with van der Waals surface area (Å²) in [4.78, 5) is 12.1. The van der Waals surface area contributed by atoms with Crippen molar-refractivity contribution in [2.45, 2.75) is 64.7 Å². The maximum atomic E-state index is 12.1. The molecule has 134 valence electrons. The van der Waals surface area contributed by atoms with Crippen molar-refractivity contribution in [2.24, 2.45) is 5.92 Å². The second-order valence-electron chi connectivity index (χ2n) is 5.98. The SMILES string of the molecule is CCO[Si](CCCOC(=O)C1CCC2OC2C1)(OCC)OCC. The molecule has 6 nitrogen and oxygen atoms in total. The minimum absolute atomic E-state index is 0.00595. The third kappa shape index (κ3) is 5.53. The van der Waals surface area contributed by atoms with Crippen molar-refractivity contribution in [3.8, 4) is 0 Å².